The molecule has 2 fully saturated rings. The van der Waals surface area contributed by atoms with Crippen molar-refractivity contribution in [3.05, 3.63) is 35.9 Å². The highest BCUT2D eigenvalue weighted by Crippen LogP contribution is 2.37. The standard InChI is InChI=1S/C17H23NO2/c19-17(20-12-13-6-2-1-3-7-13)16-15-9-5-4-8-14(15)10-11-18-16/h1-3,6-7,14-16,18H,4-5,8-12H2/t14-,15-,16-/m1/s1. The van der Waals surface area contributed by atoms with Crippen LogP contribution in [0, 0.1) is 11.8 Å². The monoisotopic (exact) mass is 273 g/mol. The Labute approximate surface area is 120 Å². The number of carbonyl (C=O) groups excluding carboxylic acids is 1. The van der Waals surface area contributed by atoms with Crippen molar-refractivity contribution in [3.8, 4) is 0 Å². The largest absolute Gasteiger partial charge is 0.460 e. The summed E-state index contributed by atoms with van der Waals surface area (Å²) < 4.78 is 5.52. The van der Waals surface area contributed by atoms with Gasteiger partial charge in [0.05, 0.1) is 0 Å². The predicted octanol–water partition coefficient (Wildman–Crippen LogP) is 2.90. The first-order chi connectivity index (χ1) is 9.84. The molecule has 3 heteroatoms. The Hall–Kier alpha value is -1.35. The van der Waals surface area contributed by atoms with Crippen LogP contribution in [0.5, 0.6) is 0 Å². The molecule has 0 amide bonds. The molecule has 1 saturated heterocycles. The highest BCUT2D eigenvalue weighted by atomic mass is 16.5. The molecule has 1 saturated carbocycles. The number of piperidine rings is 1. The normalized spacial score (nSPS) is 29.5. The molecule has 3 nitrogen and oxygen atoms in total. The maximum absolute atomic E-state index is 12.3. The van der Waals surface area contributed by atoms with Crippen LogP contribution in [0.1, 0.15) is 37.7 Å². The quantitative estimate of drug-likeness (QED) is 0.861. The minimum atomic E-state index is -0.0854. The molecule has 20 heavy (non-hydrogen) atoms. The molecule has 0 radical (unpaired) electrons. The number of carbonyl (C=O) groups is 1. The Kier molecular flexibility index (Phi) is 4.36. The number of esters is 1. The van der Waals surface area contributed by atoms with Crippen LogP contribution < -0.4 is 5.32 Å². The number of hydrogen-bond acceptors (Lipinski definition) is 3. The summed E-state index contributed by atoms with van der Waals surface area (Å²) >= 11 is 0. The van der Waals surface area contributed by atoms with Gasteiger partial charge in [-0.15, -0.1) is 0 Å². The van der Waals surface area contributed by atoms with Crippen LogP contribution in [-0.4, -0.2) is 18.6 Å². The lowest BCUT2D eigenvalue weighted by molar-refractivity contribution is -0.151. The number of rotatable bonds is 3. The van der Waals surface area contributed by atoms with Gasteiger partial charge in [-0.25, -0.2) is 0 Å². The molecule has 0 aromatic heterocycles. The average Bonchev–Trinajstić information content (AvgIpc) is 2.53. The van der Waals surface area contributed by atoms with Gasteiger partial charge in [0, 0.05) is 0 Å². The van der Waals surface area contributed by atoms with Gasteiger partial charge in [-0.2, -0.15) is 0 Å². The van der Waals surface area contributed by atoms with Crippen LogP contribution in [0.15, 0.2) is 30.3 Å². The summed E-state index contributed by atoms with van der Waals surface area (Å²) in [6.07, 6.45) is 6.25. The Morgan fingerprint density at radius 1 is 1.15 bits per heavy atom. The molecule has 1 heterocycles. The number of fused-ring (bicyclic) bond motifs is 1. The van der Waals surface area contributed by atoms with Crippen LogP contribution in [0.3, 0.4) is 0 Å². The van der Waals surface area contributed by atoms with Gasteiger partial charge in [0.1, 0.15) is 12.6 Å². The van der Waals surface area contributed by atoms with Crippen molar-refractivity contribution < 1.29 is 9.53 Å². The van der Waals surface area contributed by atoms with Crippen molar-refractivity contribution in [2.24, 2.45) is 11.8 Å². The molecule has 0 spiro atoms. The number of nitrogens with one attached hydrogen (secondary N) is 1. The SMILES string of the molecule is O=C(OCc1ccccc1)[C@@H]1NCC[C@H]2CCCC[C@H]21. The van der Waals surface area contributed by atoms with Gasteiger partial charge < -0.3 is 10.1 Å². The Morgan fingerprint density at radius 2 is 1.95 bits per heavy atom. The highest BCUT2D eigenvalue weighted by molar-refractivity contribution is 5.76. The second-order valence-electron chi connectivity index (χ2n) is 6.02. The Bertz CT molecular complexity index is 444. The smallest absolute Gasteiger partial charge is 0.323 e. The van der Waals surface area contributed by atoms with E-state index >= 15 is 0 Å². The summed E-state index contributed by atoms with van der Waals surface area (Å²) in [4.78, 5) is 12.3. The predicted molar refractivity (Wildman–Crippen MR) is 78.1 cm³/mol. The van der Waals surface area contributed by atoms with E-state index in [4.69, 9.17) is 4.74 Å². The van der Waals surface area contributed by atoms with E-state index in [2.05, 4.69) is 5.32 Å². The van der Waals surface area contributed by atoms with Gasteiger partial charge >= 0.3 is 5.97 Å². The van der Waals surface area contributed by atoms with Crippen molar-refractivity contribution in [2.45, 2.75) is 44.8 Å². The molecule has 3 atom stereocenters. The summed E-state index contributed by atoms with van der Waals surface area (Å²) in [7, 11) is 0. The van der Waals surface area contributed by atoms with E-state index in [-0.39, 0.29) is 12.0 Å². The van der Waals surface area contributed by atoms with Crippen LogP contribution in [-0.2, 0) is 16.1 Å². The van der Waals surface area contributed by atoms with E-state index in [1.807, 2.05) is 30.3 Å². The van der Waals surface area contributed by atoms with Crippen molar-refractivity contribution in [1.29, 1.82) is 0 Å². The number of benzene rings is 1. The second kappa shape index (κ2) is 6.40. The lowest BCUT2D eigenvalue weighted by Crippen LogP contribution is -2.52. The van der Waals surface area contributed by atoms with E-state index in [1.165, 1.54) is 32.1 Å². The van der Waals surface area contributed by atoms with E-state index in [0.717, 1.165) is 18.0 Å². The lowest BCUT2D eigenvalue weighted by Gasteiger charge is -2.40. The highest BCUT2D eigenvalue weighted by Gasteiger charge is 2.39. The van der Waals surface area contributed by atoms with Crippen molar-refractivity contribution in [2.75, 3.05) is 6.54 Å². The van der Waals surface area contributed by atoms with Gasteiger partial charge in [-0.05, 0) is 36.8 Å². The van der Waals surface area contributed by atoms with Crippen LogP contribution in [0.4, 0.5) is 0 Å². The zero-order valence-corrected chi connectivity index (χ0v) is 11.9. The van der Waals surface area contributed by atoms with Gasteiger partial charge in [0.2, 0.25) is 0 Å². The minimum absolute atomic E-state index is 0.0644. The molecular weight excluding hydrogens is 250 g/mol. The average molecular weight is 273 g/mol. The van der Waals surface area contributed by atoms with E-state index in [1.54, 1.807) is 0 Å². The molecule has 0 bridgehead atoms. The summed E-state index contributed by atoms with van der Waals surface area (Å²) in [5, 5.41) is 3.38. The second-order valence-corrected chi connectivity index (χ2v) is 6.02. The molecule has 1 N–H and O–H groups in total. The van der Waals surface area contributed by atoms with Gasteiger partial charge in [0.15, 0.2) is 0 Å². The number of hydrogen-bond donors (Lipinski definition) is 1. The third kappa shape index (κ3) is 3.04. The first-order valence-corrected chi connectivity index (χ1v) is 7.78. The van der Waals surface area contributed by atoms with Crippen molar-refractivity contribution in [3.63, 3.8) is 0 Å². The molecule has 1 aliphatic heterocycles. The van der Waals surface area contributed by atoms with Crippen LogP contribution in [0.2, 0.25) is 0 Å². The fourth-order valence-corrected chi connectivity index (χ4v) is 3.69. The minimum Gasteiger partial charge on any atom is -0.460 e. The first kappa shape index (κ1) is 13.6. The van der Waals surface area contributed by atoms with Gasteiger partial charge in [0.25, 0.3) is 0 Å². The topological polar surface area (TPSA) is 38.3 Å². The number of ether oxygens (including phenoxy) is 1. The molecule has 1 aromatic rings. The van der Waals surface area contributed by atoms with Crippen molar-refractivity contribution in [1.82, 2.24) is 5.32 Å². The molecule has 1 aliphatic carbocycles. The zero-order chi connectivity index (χ0) is 13.8. The lowest BCUT2D eigenvalue weighted by atomic mass is 9.71. The summed E-state index contributed by atoms with van der Waals surface area (Å²) in [6.45, 7) is 1.33. The van der Waals surface area contributed by atoms with Crippen molar-refractivity contribution >= 4 is 5.97 Å². The maximum atomic E-state index is 12.3. The van der Waals surface area contributed by atoms with Gasteiger partial charge in [-0.3, -0.25) is 4.79 Å². The zero-order valence-electron chi connectivity index (χ0n) is 11.9. The third-order valence-electron chi connectivity index (χ3n) is 4.75. The molecule has 1 aromatic carbocycles. The molecule has 3 rings (SSSR count). The van der Waals surface area contributed by atoms with Crippen LogP contribution in [0.25, 0.3) is 0 Å². The Balaban J connectivity index is 1.58. The molecule has 2 aliphatic rings. The molecular formula is C17H23NO2. The fraction of sp³-hybridized carbons (Fsp3) is 0.588. The van der Waals surface area contributed by atoms with E-state index in [0.29, 0.717) is 12.5 Å². The van der Waals surface area contributed by atoms with Gasteiger partial charge in [-0.1, -0.05) is 49.6 Å². The summed E-state index contributed by atoms with van der Waals surface area (Å²) in [5.74, 6) is 1.14. The molecule has 0 unspecified atom stereocenters. The summed E-state index contributed by atoms with van der Waals surface area (Å²) in [5.41, 5.74) is 1.05. The van der Waals surface area contributed by atoms with E-state index < -0.39 is 0 Å². The van der Waals surface area contributed by atoms with Crippen LogP contribution >= 0.6 is 0 Å². The maximum Gasteiger partial charge on any atom is 0.323 e. The summed E-state index contributed by atoms with van der Waals surface area (Å²) in [6, 6.07) is 9.81. The molecule has 108 valence electrons. The fourth-order valence-electron chi connectivity index (χ4n) is 3.69. The third-order valence-corrected chi connectivity index (χ3v) is 4.75. The Morgan fingerprint density at radius 3 is 2.80 bits per heavy atom. The first-order valence-electron chi connectivity index (χ1n) is 7.78. The van der Waals surface area contributed by atoms with E-state index in [9.17, 15) is 4.79 Å².